The number of carbonyl (C=O) groups is 1. The van der Waals surface area contributed by atoms with Crippen molar-refractivity contribution in [3.8, 4) is 0 Å². The fraction of sp³-hybridized carbons (Fsp3) is 0.316. The van der Waals surface area contributed by atoms with Gasteiger partial charge in [0.15, 0.2) is 0 Å². The molecule has 0 saturated carbocycles. The van der Waals surface area contributed by atoms with Crippen molar-refractivity contribution in [3.05, 3.63) is 64.7 Å². The molecule has 1 aliphatic rings. The third kappa shape index (κ3) is 3.41. The van der Waals surface area contributed by atoms with Crippen molar-refractivity contribution in [3.63, 3.8) is 0 Å². The minimum atomic E-state index is -0.180. The quantitative estimate of drug-likeness (QED) is 0.853. The number of carbonyl (C=O) groups excluding carboxylic acids is 1. The highest BCUT2D eigenvalue weighted by molar-refractivity contribution is 6.30. The van der Waals surface area contributed by atoms with Gasteiger partial charge in [-0.05, 0) is 49.7 Å². The van der Waals surface area contributed by atoms with E-state index in [4.69, 9.17) is 11.6 Å². The molecule has 0 N–H and O–H groups in total. The number of nitrogens with zero attached hydrogens (tertiary/aromatic N) is 2. The number of halogens is 1. The van der Waals surface area contributed by atoms with Crippen LogP contribution in [0.2, 0.25) is 5.02 Å². The average Bonchev–Trinajstić information content (AvgIpc) is 2.97. The summed E-state index contributed by atoms with van der Waals surface area (Å²) in [4.78, 5) is 16.8. The Morgan fingerprint density at radius 2 is 2.04 bits per heavy atom. The summed E-state index contributed by atoms with van der Waals surface area (Å²) < 4.78 is 0. The van der Waals surface area contributed by atoms with Crippen LogP contribution in [-0.2, 0) is 17.8 Å². The molecule has 4 heteroatoms. The van der Waals surface area contributed by atoms with E-state index in [9.17, 15) is 4.79 Å². The Morgan fingerprint density at radius 1 is 1.26 bits per heavy atom. The number of anilines is 1. The molecule has 3 rings (SSSR count). The maximum atomic E-state index is 12.9. The molecule has 1 amide bonds. The van der Waals surface area contributed by atoms with Crippen LogP contribution in [0.15, 0.2) is 48.5 Å². The molecular formula is C19H21ClN2O. The number of hydrogen-bond acceptors (Lipinski definition) is 2. The first kappa shape index (κ1) is 16.0. The fourth-order valence-electron chi connectivity index (χ4n) is 3.04. The second kappa shape index (κ2) is 6.73. The fourth-order valence-corrected chi connectivity index (χ4v) is 3.25. The monoisotopic (exact) mass is 328 g/mol. The second-order valence-corrected chi connectivity index (χ2v) is 6.53. The van der Waals surface area contributed by atoms with Crippen molar-refractivity contribution in [1.82, 2.24) is 4.90 Å². The van der Waals surface area contributed by atoms with Crippen LogP contribution in [0.4, 0.5) is 5.69 Å². The van der Waals surface area contributed by atoms with Crippen LogP contribution in [0.25, 0.3) is 0 Å². The third-order valence-electron chi connectivity index (χ3n) is 4.49. The Hall–Kier alpha value is -1.84. The number of rotatable bonds is 4. The molecule has 0 unspecified atom stereocenters. The van der Waals surface area contributed by atoms with Crippen molar-refractivity contribution in [2.75, 3.05) is 18.5 Å². The lowest BCUT2D eigenvalue weighted by atomic mass is 10.1. The maximum Gasteiger partial charge on any atom is 0.244 e. The summed E-state index contributed by atoms with van der Waals surface area (Å²) >= 11 is 6.04. The van der Waals surface area contributed by atoms with E-state index in [1.54, 1.807) is 0 Å². The summed E-state index contributed by atoms with van der Waals surface area (Å²) in [6, 6.07) is 15.7. The normalized spacial score (nSPS) is 14.9. The van der Waals surface area contributed by atoms with Crippen LogP contribution >= 0.6 is 11.6 Å². The number of hydrogen-bond donors (Lipinski definition) is 0. The highest BCUT2D eigenvalue weighted by Crippen LogP contribution is 2.28. The second-order valence-electron chi connectivity index (χ2n) is 6.09. The van der Waals surface area contributed by atoms with Crippen molar-refractivity contribution >= 4 is 23.2 Å². The number of amides is 1. The van der Waals surface area contributed by atoms with Gasteiger partial charge in [-0.1, -0.05) is 41.9 Å². The van der Waals surface area contributed by atoms with Crippen LogP contribution in [0.1, 0.15) is 18.1 Å². The summed E-state index contributed by atoms with van der Waals surface area (Å²) in [7, 11) is 1.98. The predicted octanol–water partition coefficient (Wildman–Crippen LogP) is 3.75. The first-order chi connectivity index (χ1) is 11.1. The summed E-state index contributed by atoms with van der Waals surface area (Å²) in [6.07, 6.45) is 0.937. The Labute approximate surface area is 142 Å². The average molecular weight is 329 g/mol. The van der Waals surface area contributed by atoms with Crippen LogP contribution in [0.5, 0.6) is 0 Å². The van der Waals surface area contributed by atoms with Crippen LogP contribution < -0.4 is 4.90 Å². The van der Waals surface area contributed by atoms with E-state index >= 15 is 0 Å². The molecule has 0 aliphatic carbocycles. The molecule has 0 aromatic heterocycles. The van der Waals surface area contributed by atoms with Gasteiger partial charge in [-0.2, -0.15) is 0 Å². The standard InChI is InChI=1S/C19H21ClN2O/c1-14(21(2)13-15-6-5-8-17(20)12-15)19(23)22-11-10-16-7-3-4-9-18(16)22/h3-9,12,14H,10-11,13H2,1-2H3/t14-/m1/s1. The molecule has 120 valence electrons. The zero-order valence-corrected chi connectivity index (χ0v) is 14.3. The van der Waals surface area contributed by atoms with Crippen LogP contribution in [0, 0.1) is 0 Å². The molecular weight excluding hydrogens is 308 g/mol. The topological polar surface area (TPSA) is 23.6 Å². The van der Waals surface area contributed by atoms with Gasteiger partial charge in [-0.3, -0.25) is 9.69 Å². The van der Waals surface area contributed by atoms with E-state index in [1.807, 2.05) is 61.3 Å². The van der Waals surface area contributed by atoms with E-state index in [2.05, 4.69) is 11.0 Å². The van der Waals surface area contributed by atoms with Crippen molar-refractivity contribution in [1.29, 1.82) is 0 Å². The van der Waals surface area contributed by atoms with E-state index < -0.39 is 0 Å². The summed E-state index contributed by atoms with van der Waals surface area (Å²) in [5, 5.41) is 0.725. The first-order valence-corrected chi connectivity index (χ1v) is 8.28. The van der Waals surface area contributed by atoms with Crippen molar-refractivity contribution in [2.24, 2.45) is 0 Å². The Bertz CT molecular complexity index is 716. The molecule has 1 atom stereocenters. The lowest BCUT2D eigenvalue weighted by molar-refractivity contribution is -0.122. The van der Waals surface area contributed by atoms with Crippen LogP contribution in [-0.4, -0.2) is 30.4 Å². The van der Waals surface area contributed by atoms with E-state index in [0.717, 1.165) is 29.2 Å². The number of likely N-dealkylation sites (N-methyl/N-ethyl adjacent to an activating group) is 1. The zero-order valence-electron chi connectivity index (χ0n) is 13.5. The maximum absolute atomic E-state index is 12.9. The molecule has 0 spiro atoms. The molecule has 1 aliphatic heterocycles. The highest BCUT2D eigenvalue weighted by atomic mass is 35.5. The summed E-state index contributed by atoms with van der Waals surface area (Å²) in [5.74, 6) is 0.152. The third-order valence-corrected chi connectivity index (χ3v) is 4.73. The smallest absolute Gasteiger partial charge is 0.244 e. The summed E-state index contributed by atoms with van der Waals surface area (Å²) in [5.41, 5.74) is 3.42. The lowest BCUT2D eigenvalue weighted by Crippen LogP contribution is -2.45. The summed E-state index contributed by atoms with van der Waals surface area (Å²) in [6.45, 7) is 3.43. The Morgan fingerprint density at radius 3 is 2.83 bits per heavy atom. The predicted molar refractivity (Wildman–Crippen MR) is 94.9 cm³/mol. The van der Waals surface area contributed by atoms with Gasteiger partial charge < -0.3 is 4.90 Å². The molecule has 0 bridgehead atoms. The molecule has 23 heavy (non-hydrogen) atoms. The highest BCUT2D eigenvalue weighted by Gasteiger charge is 2.29. The van der Waals surface area contributed by atoms with Gasteiger partial charge in [0.05, 0.1) is 6.04 Å². The van der Waals surface area contributed by atoms with Crippen molar-refractivity contribution < 1.29 is 4.79 Å². The van der Waals surface area contributed by atoms with Gasteiger partial charge in [0, 0.05) is 23.8 Å². The molecule has 2 aromatic carbocycles. The Balaban J connectivity index is 1.70. The molecule has 0 saturated heterocycles. The molecule has 0 fully saturated rings. The van der Waals surface area contributed by atoms with Gasteiger partial charge in [-0.15, -0.1) is 0 Å². The number of para-hydroxylation sites is 1. The minimum Gasteiger partial charge on any atom is -0.310 e. The zero-order chi connectivity index (χ0) is 16.4. The van der Waals surface area contributed by atoms with Gasteiger partial charge in [0.25, 0.3) is 0 Å². The molecule has 0 radical (unpaired) electrons. The first-order valence-electron chi connectivity index (χ1n) is 7.90. The van der Waals surface area contributed by atoms with Gasteiger partial charge in [-0.25, -0.2) is 0 Å². The Kier molecular flexibility index (Phi) is 4.69. The van der Waals surface area contributed by atoms with Gasteiger partial charge >= 0.3 is 0 Å². The SMILES string of the molecule is C[C@H](C(=O)N1CCc2ccccc21)N(C)Cc1cccc(Cl)c1. The molecule has 2 aromatic rings. The van der Waals surface area contributed by atoms with Crippen molar-refractivity contribution in [2.45, 2.75) is 25.9 Å². The van der Waals surface area contributed by atoms with E-state index in [-0.39, 0.29) is 11.9 Å². The number of benzene rings is 2. The minimum absolute atomic E-state index is 0.152. The van der Waals surface area contributed by atoms with E-state index in [0.29, 0.717) is 6.54 Å². The van der Waals surface area contributed by atoms with E-state index in [1.165, 1.54) is 5.56 Å². The van der Waals surface area contributed by atoms with Gasteiger partial charge in [0.2, 0.25) is 5.91 Å². The number of fused-ring (bicyclic) bond motifs is 1. The molecule has 1 heterocycles. The molecule has 3 nitrogen and oxygen atoms in total. The lowest BCUT2D eigenvalue weighted by Gasteiger charge is -2.28. The van der Waals surface area contributed by atoms with Gasteiger partial charge in [0.1, 0.15) is 0 Å². The van der Waals surface area contributed by atoms with Crippen LogP contribution in [0.3, 0.4) is 0 Å². The largest absolute Gasteiger partial charge is 0.310 e.